The fraction of sp³-hybridized carbons (Fsp3) is 0.304. The van der Waals surface area contributed by atoms with E-state index >= 15 is 0 Å². The normalized spacial score (nSPS) is 23.9. The topological polar surface area (TPSA) is 134 Å². The molecule has 4 rings (SSSR count). The second-order valence-corrected chi connectivity index (χ2v) is 11.5. The predicted octanol–water partition coefficient (Wildman–Crippen LogP) is 3.81. The monoisotopic (exact) mass is 488 g/mol. The number of nitrogens with one attached hydrogen (secondary N) is 2. The van der Waals surface area contributed by atoms with E-state index in [1.807, 2.05) is 26.0 Å². The van der Waals surface area contributed by atoms with Crippen molar-refractivity contribution in [1.29, 1.82) is 10.8 Å². The van der Waals surface area contributed by atoms with Crippen LogP contribution in [0.3, 0.4) is 0 Å². The van der Waals surface area contributed by atoms with Crippen LogP contribution in [0.15, 0.2) is 70.5 Å². The molecule has 2 aromatic rings. The Balaban J connectivity index is 1.55. The Bertz CT molecular complexity index is 1230. The van der Waals surface area contributed by atoms with Crippen molar-refractivity contribution in [3.05, 3.63) is 71.8 Å². The maximum atomic E-state index is 12.7. The minimum atomic E-state index is -4.24. The zero-order valence-corrected chi connectivity index (χ0v) is 19.7. The molecule has 0 heterocycles. The van der Waals surface area contributed by atoms with Gasteiger partial charge in [0.05, 0.1) is 11.8 Å². The molecule has 174 valence electrons. The van der Waals surface area contributed by atoms with Gasteiger partial charge in [-0.05, 0) is 56.4 Å². The minimum Gasteiger partial charge on any atom is -0.363 e. The Hall–Kier alpha value is -2.98. The third kappa shape index (κ3) is 4.58. The molecule has 4 unspecified atom stereocenters. The fourth-order valence-corrected chi connectivity index (χ4v) is 6.22. The Morgan fingerprint density at radius 2 is 1.03 bits per heavy atom. The highest BCUT2D eigenvalue weighted by Gasteiger charge is 2.51. The Labute approximate surface area is 193 Å². The average Bonchev–Trinajstić information content (AvgIpc) is 3.35. The van der Waals surface area contributed by atoms with Gasteiger partial charge in [0.2, 0.25) is 11.8 Å². The van der Waals surface area contributed by atoms with E-state index < -0.39 is 43.9 Å². The van der Waals surface area contributed by atoms with Crippen LogP contribution in [0.2, 0.25) is 0 Å². The van der Waals surface area contributed by atoms with Crippen molar-refractivity contribution in [3.63, 3.8) is 0 Å². The molecule has 2 bridgehead atoms. The van der Waals surface area contributed by atoms with Crippen molar-refractivity contribution in [2.75, 3.05) is 0 Å². The summed E-state index contributed by atoms with van der Waals surface area (Å²) in [5.74, 6) is -3.18. The van der Waals surface area contributed by atoms with Crippen molar-refractivity contribution in [2.24, 2.45) is 23.7 Å². The Morgan fingerprint density at radius 3 is 1.36 bits per heavy atom. The Morgan fingerprint density at radius 1 is 0.697 bits per heavy atom. The van der Waals surface area contributed by atoms with Gasteiger partial charge in [0.25, 0.3) is 0 Å². The summed E-state index contributed by atoms with van der Waals surface area (Å²) in [6, 6.07) is 12.1. The molecule has 0 spiro atoms. The van der Waals surface area contributed by atoms with E-state index in [0.717, 1.165) is 11.1 Å². The lowest BCUT2D eigenvalue weighted by molar-refractivity contribution is 0.367. The van der Waals surface area contributed by atoms with Gasteiger partial charge in [0, 0.05) is 0 Å². The third-order valence-corrected chi connectivity index (χ3v) is 8.58. The second-order valence-electron chi connectivity index (χ2n) is 8.43. The highest BCUT2D eigenvalue weighted by molar-refractivity contribution is 7.87. The summed E-state index contributed by atoms with van der Waals surface area (Å²) in [4.78, 5) is -0.164. The van der Waals surface area contributed by atoms with E-state index in [2.05, 4.69) is 0 Å². The molecule has 1 saturated carbocycles. The first kappa shape index (κ1) is 23.2. The maximum absolute atomic E-state index is 12.7. The number of rotatable bonds is 6. The predicted molar refractivity (Wildman–Crippen MR) is 122 cm³/mol. The number of hydrogen-bond donors (Lipinski definition) is 2. The van der Waals surface area contributed by atoms with Crippen LogP contribution in [0.5, 0.6) is 0 Å². The molecule has 0 aromatic heterocycles. The van der Waals surface area contributed by atoms with E-state index in [0.29, 0.717) is 6.42 Å². The molecule has 0 saturated heterocycles. The van der Waals surface area contributed by atoms with E-state index in [4.69, 9.17) is 19.2 Å². The van der Waals surface area contributed by atoms with Crippen LogP contribution in [-0.4, -0.2) is 28.6 Å². The zero-order valence-electron chi connectivity index (χ0n) is 18.1. The highest BCUT2D eigenvalue weighted by Crippen LogP contribution is 2.49. The van der Waals surface area contributed by atoms with Gasteiger partial charge in [-0.2, -0.15) is 16.8 Å². The van der Waals surface area contributed by atoms with Crippen LogP contribution in [0, 0.1) is 48.3 Å². The Kier molecular flexibility index (Phi) is 5.92. The maximum Gasteiger partial charge on any atom is 0.340 e. The van der Waals surface area contributed by atoms with Crippen LogP contribution in [0.1, 0.15) is 17.5 Å². The first-order valence-corrected chi connectivity index (χ1v) is 13.2. The van der Waals surface area contributed by atoms with Gasteiger partial charge in [-0.25, -0.2) is 0 Å². The lowest BCUT2D eigenvalue weighted by Gasteiger charge is -2.27. The van der Waals surface area contributed by atoms with Gasteiger partial charge < -0.3 is 8.37 Å². The first-order valence-electron chi connectivity index (χ1n) is 10.4. The van der Waals surface area contributed by atoms with Crippen LogP contribution in [-0.2, 0) is 28.6 Å². The van der Waals surface area contributed by atoms with Crippen molar-refractivity contribution in [2.45, 2.75) is 30.1 Å². The van der Waals surface area contributed by atoms with Crippen LogP contribution in [0.4, 0.5) is 0 Å². The van der Waals surface area contributed by atoms with E-state index in [-0.39, 0.29) is 21.6 Å². The lowest BCUT2D eigenvalue weighted by Crippen LogP contribution is -2.36. The van der Waals surface area contributed by atoms with Gasteiger partial charge in [-0.3, -0.25) is 10.8 Å². The van der Waals surface area contributed by atoms with Gasteiger partial charge in [-0.1, -0.05) is 47.5 Å². The zero-order chi connectivity index (χ0) is 24.0. The molecule has 0 radical (unpaired) electrons. The minimum absolute atomic E-state index is 0.0821. The van der Waals surface area contributed by atoms with Gasteiger partial charge in [0.1, 0.15) is 9.79 Å². The SMILES string of the molecule is Cc1ccc(S(=O)(=O)OC(=N)C2C3C=CC(C3)C2C(=N)OS(=O)(=O)c2ccc(C)cc2)cc1. The van der Waals surface area contributed by atoms with Gasteiger partial charge >= 0.3 is 20.2 Å². The average molecular weight is 489 g/mol. The summed E-state index contributed by atoms with van der Waals surface area (Å²) < 4.78 is 60.9. The molecule has 10 heteroatoms. The van der Waals surface area contributed by atoms with Crippen LogP contribution >= 0.6 is 0 Å². The largest absolute Gasteiger partial charge is 0.363 e. The van der Waals surface area contributed by atoms with E-state index in [9.17, 15) is 16.8 Å². The summed E-state index contributed by atoms with van der Waals surface area (Å²) in [5, 5.41) is 16.8. The molecule has 8 nitrogen and oxygen atoms in total. The van der Waals surface area contributed by atoms with Crippen LogP contribution < -0.4 is 0 Å². The fourth-order valence-electron chi connectivity index (χ4n) is 4.39. The molecule has 2 aliphatic carbocycles. The molecule has 2 aliphatic rings. The van der Waals surface area contributed by atoms with Crippen LogP contribution in [0.25, 0.3) is 0 Å². The highest BCUT2D eigenvalue weighted by atomic mass is 32.2. The number of hydrogen-bond acceptors (Lipinski definition) is 8. The standard InChI is InChI=1S/C23H24N2O6S2/c1-14-3-9-18(10-4-14)32(26,27)30-22(24)20-16-7-8-17(13-16)21(20)23(25)31-33(28,29)19-11-5-15(2)6-12-19/h3-12,16-17,20-21,24-25H,13H2,1-2H3. The van der Waals surface area contributed by atoms with E-state index in [1.54, 1.807) is 24.3 Å². The molecule has 2 aromatic carbocycles. The quantitative estimate of drug-likeness (QED) is 0.275. The molecule has 33 heavy (non-hydrogen) atoms. The number of benzene rings is 2. The van der Waals surface area contributed by atoms with Crippen molar-refractivity contribution >= 4 is 32.0 Å². The summed E-state index contributed by atoms with van der Waals surface area (Å²) in [6.07, 6.45) is 4.26. The summed E-state index contributed by atoms with van der Waals surface area (Å²) in [7, 11) is -8.48. The molecular weight excluding hydrogens is 464 g/mol. The summed E-state index contributed by atoms with van der Waals surface area (Å²) >= 11 is 0. The number of allylic oxidation sites excluding steroid dienone is 2. The van der Waals surface area contributed by atoms with E-state index in [1.165, 1.54) is 24.3 Å². The van der Waals surface area contributed by atoms with Crippen molar-refractivity contribution in [3.8, 4) is 0 Å². The van der Waals surface area contributed by atoms with Gasteiger partial charge in [0.15, 0.2) is 0 Å². The first-order chi connectivity index (χ1) is 15.5. The lowest BCUT2D eigenvalue weighted by atomic mass is 9.83. The molecule has 4 atom stereocenters. The smallest absolute Gasteiger partial charge is 0.340 e. The second kappa shape index (κ2) is 8.42. The molecular formula is C23H24N2O6S2. The van der Waals surface area contributed by atoms with Crippen molar-refractivity contribution < 1.29 is 25.2 Å². The summed E-state index contributed by atoms with van der Waals surface area (Å²) in [5.41, 5.74) is 1.76. The van der Waals surface area contributed by atoms with Gasteiger partial charge in [-0.15, -0.1) is 0 Å². The molecule has 2 N–H and O–H groups in total. The molecule has 0 aliphatic heterocycles. The summed E-state index contributed by atoms with van der Waals surface area (Å²) in [6.45, 7) is 3.64. The molecule has 0 amide bonds. The van der Waals surface area contributed by atoms with Crippen molar-refractivity contribution in [1.82, 2.24) is 0 Å². The third-order valence-electron chi connectivity index (χ3n) is 6.08. The number of aryl methyl sites for hydroxylation is 2. The molecule has 1 fully saturated rings. The number of fused-ring (bicyclic) bond motifs is 2.